The molecular weight excluding hydrogens is 342 g/mol. The fraction of sp³-hybridized carbons (Fsp3) is 0.923. The molecule has 0 aromatic carbocycles. The van der Waals surface area contributed by atoms with Gasteiger partial charge in [-0.05, 0) is 19.9 Å². The summed E-state index contributed by atoms with van der Waals surface area (Å²) in [5, 5.41) is 3.15. The summed E-state index contributed by atoms with van der Waals surface area (Å²) in [6.07, 6.45) is 5.02. The second kappa shape index (κ2) is 8.52. The van der Waals surface area contributed by atoms with E-state index in [1.807, 2.05) is 7.05 Å². The van der Waals surface area contributed by atoms with Gasteiger partial charge in [-0.15, -0.1) is 0 Å². The second-order valence-corrected chi connectivity index (χ2v) is 9.89. The van der Waals surface area contributed by atoms with Crippen LogP contribution in [0, 0.1) is 0 Å². The van der Waals surface area contributed by atoms with Gasteiger partial charge in [0.05, 0.1) is 12.5 Å². The van der Waals surface area contributed by atoms with Crippen LogP contribution < -0.4 is 5.32 Å². The molecule has 0 unspecified atom stereocenters. The molecule has 2 aliphatic rings. The van der Waals surface area contributed by atoms with Crippen molar-refractivity contribution >= 4 is 25.8 Å². The van der Waals surface area contributed by atoms with Gasteiger partial charge >= 0.3 is 0 Å². The summed E-state index contributed by atoms with van der Waals surface area (Å²) in [4.78, 5) is 10.7. The van der Waals surface area contributed by atoms with Crippen LogP contribution in [0.3, 0.4) is 0 Å². The highest BCUT2D eigenvalue weighted by atomic mass is 32.2. The molecule has 2 fully saturated rings. The van der Waals surface area contributed by atoms with Crippen molar-refractivity contribution in [3.63, 3.8) is 0 Å². The Morgan fingerprint density at radius 2 is 1.26 bits per heavy atom. The van der Waals surface area contributed by atoms with Crippen LogP contribution in [-0.4, -0.2) is 83.0 Å². The smallest absolute Gasteiger partial charge is 0.211 e. The van der Waals surface area contributed by atoms with Crippen molar-refractivity contribution in [1.82, 2.24) is 13.9 Å². The molecule has 0 bridgehead atoms. The fourth-order valence-corrected chi connectivity index (χ4v) is 4.26. The van der Waals surface area contributed by atoms with Crippen molar-refractivity contribution < 1.29 is 21.6 Å². The summed E-state index contributed by atoms with van der Waals surface area (Å²) in [5.41, 5.74) is 0. The minimum atomic E-state index is -3.07. The average molecular weight is 370 g/mol. The van der Waals surface area contributed by atoms with E-state index in [9.17, 15) is 21.6 Å². The van der Waals surface area contributed by atoms with E-state index in [-0.39, 0.29) is 5.78 Å². The van der Waals surface area contributed by atoms with Crippen LogP contribution >= 0.6 is 0 Å². The predicted molar refractivity (Wildman–Crippen MR) is 89.2 cm³/mol. The van der Waals surface area contributed by atoms with Crippen LogP contribution in [0.25, 0.3) is 0 Å². The standard InChI is InChI=1S/C7H16N2O2S.C6H11NO3S/c1-8-7-3-5-9(6-4-7)12(2,10)11;1-11(9,10)7-4-2-6(8)3-5-7/h7-8H,3-6H2,1-2H3;2-5H2,1H3. The Morgan fingerprint density at radius 3 is 1.61 bits per heavy atom. The highest BCUT2D eigenvalue weighted by Gasteiger charge is 2.24. The van der Waals surface area contributed by atoms with Gasteiger partial charge in [0, 0.05) is 45.1 Å². The molecular formula is C13H27N3O5S2. The maximum Gasteiger partial charge on any atom is 0.211 e. The van der Waals surface area contributed by atoms with Gasteiger partial charge in [0.1, 0.15) is 5.78 Å². The minimum absolute atomic E-state index is 0.157. The van der Waals surface area contributed by atoms with E-state index >= 15 is 0 Å². The first-order valence-electron chi connectivity index (χ1n) is 7.63. The lowest BCUT2D eigenvalue weighted by Gasteiger charge is -2.29. The Bertz CT molecular complexity index is 585. The number of nitrogens with zero attached hydrogens (tertiary/aromatic N) is 2. The Hall–Kier alpha value is -0.550. The first kappa shape index (κ1) is 20.5. The largest absolute Gasteiger partial charge is 0.317 e. The number of hydrogen-bond acceptors (Lipinski definition) is 6. The first-order chi connectivity index (χ1) is 10.5. The van der Waals surface area contributed by atoms with Gasteiger partial charge in [0.25, 0.3) is 0 Å². The maximum atomic E-state index is 11.1. The third kappa shape index (κ3) is 7.25. The quantitative estimate of drug-likeness (QED) is 0.701. The molecule has 8 nitrogen and oxygen atoms in total. The molecule has 0 aliphatic carbocycles. The minimum Gasteiger partial charge on any atom is -0.317 e. The van der Waals surface area contributed by atoms with Gasteiger partial charge in [-0.3, -0.25) is 4.79 Å². The Balaban J connectivity index is 0.000000231. The van der Waals surface area contributed by atoms with Crippen LogP contribution in [0.2, 0.25) is 0 Å². The Morgan fingerprint density at radius 1 is 0.870 bits per heavy atom. The van der Waals surface area contributed by atoms with Gasteiger partial charge in [-0.2, -0.15) is 0 Å². The van der Waals surface area contributed by atoms with Crippen molar-refractivity contribution in [1.29, 1.82) is 0 Å². The van der Waals surface area contributed by atoms with E-state index in [2.05, 4.69) is 5.32 Å². The van der Waals surface area contributed by atoms with E-state index in [1.54, 1.807) is 4.31 Å². The molecule has 23 heavy (non-hydrogen) atoms. The molecule has 136 valence electrons. The van der Waals surface area contributed by atoms with E-state index in [0.717, 1.165) is 12.8 Å². The lowest BCUT2D eigenvalue weighted by molar-refractivity contribution is -0.120. The number of ketones is 1. The molecule has 0 radical (unpaired) electrons. The van der Waals surface area contributed by atoms with Crippen molar-refractivity contribution in [3.05, 3.63) is 0 Å². The summed E-state index contributed by atoms with van der Waals surface area (Å²) in [7, 11) is -4.10. The van der Waals surface area contributed by atoms with Gasteiger partial charge < -0.3 is 5.32 Å². The number of nitrogens with one attached hydrogen (secondary N) is 1. The SMILES string of the molecule is CNC1CCN(S(C)(=O)=O)CC1.CS(=O)(=O)N1CCC(=O)CC1. The van der Waals surface area contributed by atoms with Crippen LogP contribution in [0.5, 0.6) is 0 Å². The van der Waals surface area contributed by atoms with Crippen LogP contribution in [0.1, 0.15) is 25.7 Å². The van der Waals surface area contributed by atoms with Gasteiger partial charge in [-0.25, -0.2) is 25.4 Å². The zero-order valence-electron chi connectivity index (χ0n) is 14.0. The maximum absolute atomic E-state index is 11.1. The zero-order valence-corrected chi connectivity index (χ0v) is 15.6. The first-order valence-corrected chi connectivity index (χ1v) is 11.3. The molecule has 2 rings (SSSR count). The molecule has 2 heterocycles. The van der Waals surface area contributed by atoms with E-state index in [1.165, 1.54) is 16.8 Å². The third-order valence-electron chi connectivity index (χ3n) is 4.08. The van der Waals surface area contributed by atoms with Crippen molar-refractivity contribution in [2.75, 3.05) is 45.7 Å². The number of carbonyl (C=O) groups excluding carboxylic acids is 1. The fourth-order valence-electron chi connectivity index (χ4n) is 2.54. The summed E-state index contributed by atoms with van der Waals surface area (Å²) in [5.74, 6) is 0.157. The lowest BCUT2D eigenvalue weighted by Crippen LogP contribution is -2.43. The topological polar surface area (TPSA) is 104 Å². The van der Waals surface area contributed by atoms with Crippen molar-refractivity contribution in [2.24, 2.45) is 0 Å². The van der Waals surface area contributed by atoms with E-state index < -0.39 is 20.0 Å². The van der Waals surface area contributed by atoms with Crippen LogP contribution in [0.4, 0.5) is 0 Å². The monoisotopic (exact) mass is 369 g/mol. The Kier molecular flexibility index (Phi) is 7.59. The lowest BCUT2D eigenvalue weighted by atomic mass is 10.1. The molecule has 10 heteroatoms. The number of rotatable bonds is 3. The van der Waals surface area contributed by atoms with Crippen LogP contribution in [0.15, 0.2) is 0 Å². The zero-order chi connectivity index (χ0) is 17.7. The molecule has 1 N–H and O–H groups in total. The molecule has 0 amide bonds. The molecule has 0 aromatic rings. The predicted octanol–water partition coefficient (Wildman–Crippen LogP) is -0.759. The summed E-state index contributed by atoms with van der Waals surface area (Å²) in [6.45, 7) is 2.03. The van der Waals surface area contributed by atoms with Crippen molar-refractivity contribution in [3.8, 4) is 0 Å². The summed E-state index contributed by atoms with van der Waals surface area (Å²) < 4.78 is 46.9. The molecule has 2 saturated heterocycles. The van der Waals surface area contributed by atoms with Crippen molar-refractivity contribution in [2.45, 2.75) is 31.7 Å². The average Bonchev–Trinajstić information content (AvgIpc) is 2.46. The highest BCUT2D eigenvalue weighted by molar-refractivity contribution is 7.88. The molecule has 2 aliphatic heterocycles. The summed E-state index contributed by atoms with van der Waals surface area (Å²) in [6, 6.07) is 0.489. The highest BCUT2D eigenvalue weighted by Crippen LogP contribution is 2.12. The van der Waals surface area contributed by atoms with E-state index in [0.29, 0.717) is 45.1 Å². The van der Waals surface area contributed by atoms with Gasteiger partial charge in [0.15, 0.2) is 0 Å². The second-order valence-electron chi connectivity index (χ2n) is 5.93. The number of carbonyl (C=O) groups is 1. The normalized spacial score (nSPS) is 22.5. The molecule has 0 saturated carbocycles. The van der Waals surface area contributed by atoms with Gasteiger partial charge in [-0.1, -0.05) is 0 Å². The Labute approximate surface area is 139 Å². The summed E-state index contributed by atoms with van der Waals surface area (Å²) >= 11 is 0. The number of sulfonamides is 2. The molecule has 0 atom stereocenters. The third-order valence-corrected chi connectivity index (χ3v) is 6.69. The number of hydrogen-bond donors (Lipinski definition) is 1. The van der Waals surface area contributed by atoms with Gasteiger partial charge in [0.2, 0.25) is 20.0 Å². The van der Waals surface area contributed by atoms with Crippen LogP contribution in [-0.2, 0) is 24.8 Å². The number of Topliss-reactive ketones (excluding diaryl/α,β-unsaturated/α-hetero) is 1. The molecule has 0 aromatic heterocycles. The van der Waals surface area contributed by atoms with E-state index in [4.69, 9.17) is 0 Å². The molecule has 0 spiro atoms. The number of piperidine rings is 2.